The van der Waals surface area contributed by atoms with Crippen LogP contribution in [-0.2, 0) is 36.8 Å². The second-order valence-electron chi connectivity index (χ2n) is 11.0. The fraction of sp³-hybridized carbons (Fsp3) is 0.533. The third-order valence-corrected chi connectivity index (χ3v) is 7.82. The summed E-state index contributed by atoms with van der Waals surface area (Å²) in [5, 5.41) is 18.2. The monoisotopic (exact) mass is 627 g/mol. The number of carboxylic acid groups (broad SMARTS) is 1. The highest BCUT2D eigenvalue weighted by atomic mass is 16.5. The van der Waals surface area contributed by atoms with Crippen molar-refractivity contribution in [2.45, 2.75) is 75.2 Å². The molecule has 45 heavy (non-hydrogen) atoms. The van der Waals surface area contributed by atoms with Crippen LogP contribution in [0.4, 0.5) is 0 Å². The summed E-state index contributed by atoms with van der Waals surface area (Å²) in [6.45, 7) is 0.605. The zero-order valence-electron chi connectivity index (χ0n) is 25.8. The molecule has 0 spiro atoms. The lowest BCUT2D eigenvalue weighted by Gasteiger charge is -2.42. The number of aromatic nitrogens is 2. The second kappa shape index (κ2) is 17.7. The second-order valence-corrected chi connectivity index (χ2v) is 11.0. The molecule has 0 radical (unpaired) electrons. The van der Waals surface area contributed by atoms with Crippen molar-refractivity contribution in [1.29, 1.82) is 0 Å². The molecule has 15 heteroatoms. The molecule has 5 atom stereocenters. The molecule has 246 valence electrons. The first-order valence-electron chi connectivity index (χ1n) is 15.0. The lowest BCUT2D eigenvalue weighted by molar-refractivity contribution is -0.147. The van der Waals surface area contributed by atoms with E-state index in [-0.39, 0.29) is 43.6 Å². The van der Waals surface area contributed by atoms with Gasteiger partial charge in [0, 0.05) is 44.9 Å². The summed E-state index contributed by atoms with van der Waals surface area (Å²) in [6.07, 6.45) is 4.60. The summed E-state index contributed by atoms with van der Waals surface area (Å²) in [5.41, 5.74) is 12.4. The average Bonchev–Trinajstić information content (AvgIpc) is 3.54. The number of aliphatic carboxylic acids is 1. The number of carbonyl (C=O) groups excluding carboxylic acids is 3. The highest BCUT2D eigenvalue weighted by Gasteiger charge is 2.39. The molecule has 0 bridgehead atoms. The number of likely N-dealkylation sites (N-methyl/N-ethyl adjacent to an activating group) is 1. The lowest BCUT2D eigenvalue weighted by atomic mass is 9.93. The number of methoxy groups -OCH3 is 1. The summed E-state index contributed by atoms with van der Waals surface area (Å²) in [5.74, 6) is -2.53. The molecule has 3 rings (SSSR count). The Bertz CT molecular complexity index is 1270. The van der Waals surface area contributed by atoms with Crippen LogP contribution in [0.1, 0.15) is 43.4 Å². The van der Waals surface area contributed by atoms with Gasteiger partial charge in [-0.3, -0.25) is 19.4 Å². The summed E-state index contributed by atoms with van der Waals surface area (Å²) in [6, 6.07) is 6.13. The van der Waals surface area contributed by atoms with E-state index in [0.717, 1.165) is 5.56 Å². The number of amides is 3. The number of hydrogen-bond acceptors (Lipinski definition) is 8. The van der Waals surface area contributed by atoms with Gasteiger partial charge in [-0.2, -0.15) is 0 Å². The number of aliphatic imine (C=N–C) groups is 1. The van der Waals surface area contributed by atoms with Gasteiger partial charge in [-0.1, -0.05) is 30.3 Å². The van der Waals surface area contributed by atoms with Crippen molar-refractivity contribution in [3.63, 3.8) is 0 Å². The minimum absolute atomic E-state index is 0.0155. The Hall–Kier alpha value is -4.50. The number of imidazole rings is 1. The fourth-order valence-corrected chi connectivity index (χ4v) is 5.48. The third-order valence-electron chi connectivity index (χ3n) is 7.82. The fourth-order valence-electron chi connectivity index (χ4n) is 5.48. The molecule has 0 aliphatic carbocycles. The van der Waals surface area contributed by atoms with Crippen LogP contribution in [0.2, 0.25) is 0 Å². The molecule has 1 aliphatic heterocycles. The first-order chi connectivity index (χ1) is 21.6. The maximum atomic E-state index is 14.1. The van der Waals surface area contributed by atoms with E-state index in [1.807, 2.05) is 30.3 Å². The largest absolute Gasteiger partial charge is 0.480 e. The Morgan fingerprint density at radius 2 is 1.89 bits per heavy atom. The van der Waals surface area contributed by atoms with Crippen molar-refractivity contribution in [2.24, 2.45) is 16.5 Å². The topological polar surface area (TPSA) is 230 Å². The molecule has 9 N–H and O–H groups in total. The average molecular weight is 628 g/mol. The molecule has 0 saturated carbocycles. The van der Waals surface area contributed by atoms with Crippen LogP contribution < -0.4 is 27.4 Å². The molecular weight excluding hydrogens is 582 g/mol. The Morgan fingerprint density at radius 3 is 2.51 bits per heavy atom. The summed E-state index contributed by atoms with van der Waals surface area (Å²) >= 11 is 0. The quantitative estimate of drug-likeness (QED) is 0.0661. The van der Waals surface area contributed by atoms with E-state index in [1.54, 1.807) is 11.9 Å². The molecule has 1 aromatic heterocycles. The maximum Gasteiger partial charge on any atom is 0.326 e. The highest BCUT2D eigenvalue weighted by Crippen LogP contribution is 2.24. The SMILES string of the molecule is CN[C@@H](Cc1ccccc1)C(=O)N[C@@H](CCCN=C(N)N)C(=O)N1CCC[C@@H](OC)[C@H]1CC(=O)N[C@@H](Cc1cnc[nH]1)C(=O)O. The van der Waals surface area contributed by atoms with Crippen molar-refractivity contribution in [3.05, 3.63) is 54.1 Å². The van der Waals surface area contributed by atoms with Crippen molar-refractivity contribution < 1.29 is 29.0 Å². The van der Waals surface area contributed by atoms with Crippen LogP contribution in [0.3, 0.4) is 0 Å². The predicted octanol–water partition coefficient (Wildman–Crippen LogP) is -0.713. The maximum absolute atomic E-state index is 14.1. The summed E-state index contributed by atoms with van der Waals surface area (Å²) in [4.78, 5) is 65.0. The van der Waals surface area contributed by atoms with Crippen LogP contribution in [0.25, 0.3) is 0 Å². The van der Waals surface area contributed by atoms with E-state index in [0.29, 0.717) is 37.9 Å². The minimum Gasteiger partial charge on any atom is -0.480 e. The molecular formula is C30H45N9O6. The molecule has 1 fully saturated rings. The number of carbonyl (C=O) groups is 4. The molecule has 1 aromatic carbocycles. The zero-order chi connectivity index (χ0) is 32.8. The summed E-state index contributed by atoms with van der Waals surface area (Å²) in [7, 11) is 3.19. The number of benzene rings is 1. The summed E-state index contributed by atoms with van der Waals surface area (Å²) < 4.78 is 5.68. The number of likely N-dealkylation sites (tertiary alicyclic amines) is 1. The number of aromatic amines is 1. The van der Waals surface area contributed by atoms with Crippen molar-refractivity contribution in [3.8, 4) is 0 Å². The minimum atomic E-state index is -1.20. The molecule has 2 aromatic rings. The number of nitrogens with one attached hydrogen (secondary N) is 4. The molecule has 15 nitrogen and oxygen atoms in total. The Morgan fingerprint density at radius 1 is 1.13 bits per heavy atom. The smallest absolute Gasteiger partial charge is 0.326 e. The normalized spacial score (nSPS) is 18.3. The molecule has 2 heterocycles. The lowest BCUT2D eigenvalue weighted by Crippen LogP contribution is -2.60. The number of rotatable bonds is 17. The number of nitrogens with two attached hydrogens (primary N) is 2. The van der Waals surface area contributed by atoms with Crippen LogP contribution >= 0.6 is 0 Å². The highest BCUT2D eigenvalue weighted by molar-refractivity contribution is 5.91. The van der Waals surface area contributed by atoms with E-state index in [2.05, 4.69) is 30.9 Å². The van der Waals surface area contributed by atoms with Crippen LogP contribution in [0.5, 0.6) is 0 Å². The number of nitrogens with zero attached hydrogens (tertiary/aromatic N) is 3. The first kappa shape index (κ1) is 35.0. The Kier molecular flexibility index (Phi) is 13.8. The molecule has 0 unspecified atom stereocenters. The van der Waals surface area contributed by atoms with Gasteiger partial charge in [-0.25, -0.2) is 9.78 Å². The molecule has 1 saturated heterocycles. The van der Waals surface area contributed by atoms with Gasteiger partial charge in [0.15, 0.2) is 5.96 Å². The van der Waals surface area contributed by atoms with Crippen molar-refractivity contribution >= 4 is 29.7 Å². The number of hydrogen-bond donors (Lipinski definition) is 7. The van der Waals surface area contributed by atoms with E-state index in [9.17, 15) is 24.3 Å². The Balaban J connectivity index is 1.78. The van der Waals surface area contributed by atoms with Gasteiger partial charge in [0.25, 0.3) is 0 Å². The van der Waals surface area contributed by atoms with E-state index in [1.165, 1.54) is 19.6 Å². The zero-order valence-corrected chi connectivity index (χ0v) is 25.8. The number of guanidine groups is 1. The van der Waals surface area contributed by atoms with E-state index in [4.69, 9.17) is 16.2 Å². The van der Waals surface area contributed by atoms with Gasteiger partial charge < -0.3 is 47.1 Å². The van der Waals surface area contributed by atoms with Gasteiger partial charge in [-0.15, -0.1) is 0 Å². The van der Waals surface area contributed by atoms with Gasteiger partial charge in [0.05, 0.1) is 24.5 Å². The van der Waals surface area contributed by atoms with Gasteiger partial charge in [0.2, 0.25) is 17.7 Å². The van der Waals surface area contributed by atoms with E-state index >= 15 is 0 Å². The van der Waals surface area contributed by atoms with Gasteiger partial charge in [0.1, 0.15) is 12.1 Å². The standard InChI is InChI=1S/C30H45N9O6/c1-33-22(14-19-8-4-3-5-9-19)27(41)38-21(10-6-12-35-30(31)32)28(42)39-13-7-11-25(45-2)24(39)16-26(40)37-23(29(43)44)15-20-17-34-18-36-20/h3-5,8-9,17-18,21-25,33H,6-7,10-16H2,1-2H3,(H,34,36)(H,37,40)(H,38,41)(H,43,44)(H4,31,32,35)/t21-,22-,23-,24+,25+/m0/s1. The van der Waals surface area contributed by atoms with Crippen molar-refractivity contribution in [1.82, 2.24) is 30.8 Å². The van der Waals surface area contributed by atoms with Crippen molar-refractivity contribution in [2.75, 3.05) is 27.2 Å². The van der Waals surface area contributed by atoms with E-state index < -0.39 is 42.1 Å². The Labute approximate surface area is 262 Å². The number of carboxylic acids is 1. The predicted molar refractivity (Wildman–Crippen MR) is 167 cm³/mol. The number of piperidine rings is 1. The first-order valence-corrected chi connectivity index (χ1v) is 15.0. The van der Waals surface area contributed by atoms with Crippen LogP contribution in [-0.4, -0.2) is 107 Å². The van der Waals surface area contributed by atoms with Gasteiger partial charge >= 0.3 is 5.97 Å². The van der Waals surface area contributed by atoms with Crippen LogP contribution in [0, 0.1) is 0 Å². The molecule has 3 amide bonds. The number of H-pyrrole nitrogens is 1. The number of ether oxygens (including phenoxy) is 1. The molecule has 1 aliphatic rings. The van der Waals surface area contributed by atoms with Crippen LogP contribution in [0.15, 0.2) is 47.8 Å². The third kappa shape index (κ3) is 10.9. The van der Waals surface area contributed by atoms with Gasteiger partial charge in [-0.05, 0) is 44.7 Å².